The van der Waals surface area contributed by atoms with Crippen LogP contribution in [0.25, 0.3) is 11.1 Å². The minimum Gasteiger partial charge on any atom is -0.443 e. The third-order valence-electron chi connectivity index (χ3n) is 5.81. The molecule has 0 aliphatic carbocycles. The number of para-hydroxylation sites is 2. The first-order valence-corrected chi connectivity index (χ1v) is 9.49. The molecule has 6 rings (SSSR count). The maximum absolute atomic E-state index is 13.1. The third-order valence-corrected chi connectivity index (χ3v) is 5.81. The van der Waals surface area contributed by atoms with Crippen LogP contribution in [0, 0.1) is 5.92 Å². The van der Waals surface area contributed by atoms with E-state index in [2.05, 4.69) is 32.5 Å². The molecule has 4 heterocycles. The average molecular weight is 399 g/mol. The highest BCUT2D eigenvalue weighted by Crippen LogP contribution is 2.32. The monoisotopic (exact) mass is 398 g/mol. The minimum atomic E-state index is -0.158. The largest absolute Gasteiger partial charge is 0.443 e. The molecule has 1 aromatic heterocycles. The normalized spacial score (nSPS) is 23.2. The lowest BCUT2D eigenvalue weighted by atomic mass is 9.83. The van der Waals surface area contributed by atoms with Crippen LogP contribution in [0.5, 0.6) is 0 Å². The second kappa shape index (κ2) is 7.81. The van der Waals surface area contributed by atoms with Gasteiger partial charge in [-0.3, -0.25) is 15.2 Å². The van der Waals surface area contributed by atoms with Crippen LogP contribution in [0.2, 0.25) is 0 Å². The number of amides is 1. The lowest BCUT2D eigenvalue weighted by molar-refractivity contribution is 0.0746. The summed E-state index contributed by atoms with van der Waals surface area (Å²) in [5.41, 5.74) is 5.93. The van der Waals surface area contributed by atoms with Gasteiger partial charge in [0.05, 0.1) is 17.3 Å². The van der Waals surface area contributed by atoms with Crippen LogP contribution in [0.4, 0.5) is 5.69 Å². The summed E-state index contributed by atoms with van der Waals surface area (Å²) < 4.78 is 5.34. The first-order chi connectivity index (χ1) is 13.3. The van der Waals surface area contributed by atoms with Crippen molar-refractivity contribution in [3.05, 3.63) is 60.5 Å². The van der Waals surface area contributed by atoms with Gasteiger partial charge in [0.15, 0.2) is 12.0 Å². The summed E-state index contributed by atoms with van der Waals surface area (Å²) in [6.45, 7) is 3.31. The van der Waals surface area contributed by atoms with Crippen molar-refractivity contribution in [1.29, 1.82) is 0 Å². The van der Waals surface area contributed by atoms with E-state index >= 15 is 0 Å². The smallest absolute Gasteiger partial charge is 0.272 e. The highest BCUT2D eigenvalue weighted by molar-refractivity contribution is 6.04. The molecule has 28 heavy (non-hydrogen) atoms. The van der Waals surface area contributed by atoms with Crippen molar-refractivity contribution in [2.45, 2.75) is 18.9 Å². The molecule has 146 valence electrons. The van der Waals surface area contributed by atoms with Gasteiger partial charge in [-0.15, -0.1) is 12.4 Å². The number of anilines is 1. The predicted molar refractivity (Wildman–Crippen MR) is 111 cm³/mol. The summed E-state index contributed by atoms with van der Waals surface area (Å²) in [5.74, 6) is 0.438. The van der Waals surface area contributed by atoms with Crippen molar-refractivity contribution in [2.75, 3.05) is 24.6 Å². The number of hydrazine groups is 1. The SMILES string of the molecule is Cl.O=C(NN(c1ccccc1)C1CN2CCC1CC2)c1cccc2ocnc12. The van der Waals surface area contributed by atoms with Crippen LogP contribution in [-0.2, 0) is 0 Å². The summed E-state index contributed by atoms with van der Waals surface area (Å²) in [4.78, 5) is 19.8. The topological polar surface area (TPSA) is 61.6 Å². The Kier molecular flexibility index (Phi) is 5.24. The molecule has 1 N–H and O–H groups in total. The maximum atomic E-state index is 13.1. The zero-order chi connectivity index (χ0) is 18.2. The number of hydrogen-bond donors (Lipinski definition) is 1. The number of rotatable bonds is 4. The number of halogens is 1. The molecule has 3 fully saturated rings. The first kappa shape index (κ1) is 18.8. The summed E-state index contributed by atoms with van der Waals surface area (Å²) >= 11 is 0. The summed E-state index contributed by atoms with van der Waals surface area (Å²) in [6, 6.07) is 15.8. The Labute approximate surface area is 169 Å². The van der Waals surface area contributed by atoms with Crippen LogP contribution in [0.15, 0.2) is 59.3 Å². The van der Waals surface area contributed by atoms with Gasteiger partial charge in [0.25, 0.3) is 5.91 Å². The van der Waals surface area contributed by atoms with E-state index < -0.39 is 0 Å². The molecule has 2 aromatic carbocycles. The molecule has 1 amide bonds. The highest BCUT2D eigenvalue weighted by Gasteiger charge is 2.38. The molecule has 3 aliphatic heterocycles. The van der Waals surface area contributed by atoms with Gasteiger partial charge in [-0.25, -0.2) is 4.98 Å². The Bertz CT molecular complexity index is 953. The van der Waals surface area contributed by atoms with Crippen LogP contribution in [0.3, 0.4) is 0 Å². The zero-order valence-electron chi connectivity index (χ0n) is 15.5. The molecular formula is C21H23ClN4O2. The molecular weight excluding hydrogens is 376 g/mol. The first-order valence-electron chi connectivity index (χ1n) is 9.49. The number of fused-ring (bicyclic) bond motifs is 4. The maximum Gasteiger partial charge on any atom is 0.272 e. The van der Waals surface area contributed by atoms with E-state index in [1.165, 1.54) is 19.2 Å². The molecule has 0 saturated carbocycles. The molecule has 3 saturated heterocycles. The molecule has 7 heteroatoms. The van der Waals surface area contributed by atoms with Gasteiger partial charge < -0.3 is 9.32 Å². The second-order valence-corrected chi connectivity index (χ2v) is 7.36. The summed E-state index contributed by atoms with van der Waals surface area (Å²) in [5, 5.41) is 2.07. The number of benzene rings is 2. The van der Waals surface area contributed by atoms with E-state index in [0.717, 1.165) is 25.3 Å². The lowest BCUT2D eigenvalue weighted by Crippen LogP contribution is -2.62. The molecule has 3 aliphatic rings. The Morgan fingerprint density at radius 2 is 1.89 bits per heavy atom. The fraction of sp³-hybridized carbons (Fsp3) is 0.333. The number of oxazole rings is 1. The van der Waals surface area contributed by atoms with E-state index in [-0.39, 0.29) is 24.4 Å². The number of carbonyl (C=O) groups is 1. The van der Waals surface area contributed by atoms with Crippen LogP contribution < -0.4 is 10.4 Å². The molecule has 3 aromatic rings. The quantitative estimate of drug-likeness (QED) is 0.681. The van der Waals surface area contributed by atoms with Crippen molar-refractivity contribution in [3.8, 4) is 0 Å². The Morgan fingerprint density at radius 1 is 1.11 bits per heavy atom. The zero-order valence-corrected chi connectivity index (χ0v) is 16.3. The van der Waals surface area contributed by atoms with Gasteiger partial charge in [0, 0.05) is 6.54 Å². The van der Waals surface area contributed by atoms with E-state index in [4.69, 9.17) is 4.42 Å². The van der Waals surface area contributed by atoms with Gasteiger partial charge in [0.1, 0.15) is 5.52 Å². The van der Waals surface area contributed by atoms with Crippen LogP contribution in [0.1, 0.15) is 23.2 Å². The third kappa shape index (κ3) is 3.34. The van der Waals surface area contributed by atoms with Crippen molar-refractivity contribution >= 4 is 35.1 Å². The van der Waals surface area contributed by atoms with E-state index in [1.54, 1.807) is 6.07 Å². The predicted octanol–water partition coefficient (Wildman–Crippen LogP) is 3.50. The van der Waals surface area contributed by atoms with E-state index in [9.17, 15) is 4.79 Å². The number of nitrogens with zero attached hydrogens (tertiary/aromatic N) is 3. The Morgan fingerprint density at radius 3 is 2.61 bits per heavy atom. The van der Waals surface area contributed by atoms with Crippen LogP contribution >= 0.6 is 12.4 Å². The Balaban J connectivity index is 0.00000192. The number of aromatic nitrogens is 1. The number of nitrogens with one attached hydrogen (secondary N) is 1. The van der Waals surface area contributed by atoms with Gasteiger partial charge in [0.2, 0.25) is 0 Å². The van der Waals surface area contributed by atoms with E-state index in [1.807, 2.05) is 30.3 Å². The van der Waals surface area contributed by atoms with Crippen molar-refractivity contribution in [3.63, 3.8) is 0 Å². The fourth-order valence-electron chi connectivity index (χ4n) is 4.39. The van der Waals surface area contributed by atoms with Gasteiger partial charge in [-0.1, -0.05) is 24.3 Å². The van der Waals surface area contributed by atoms with Crippen molar-refractivity contribution in [1.82, 2.24) is 15.3 Å². The molecule has 0 radical (unpaired) electrons. The van der Waals surface area contributed by atoms with Gasteiger partial charge >= 0.3 is 0 Å². The molecule has 2 bridgehead atoms. The Hall–Kier alpha value is -2.57. The van der Waals surface area contributed by atoms with Gasteiger partial charge in [-0.2, -0.15) is 0 Å². The summed E-state index contributed by atoms with van der Waals surface area (Å²) in [6.07, 6.45) is 3.75. The molecule has 1 atom stereocenters. The van der Waals surface area contributed by atoms with Crippen molar-refractivity contribution in [2.24, 2.45) is 5.92 Å². The van der Waals surface area contributed by atoms with Gasteiger partial charge in [-0.05, 0) is 56.1 Å². The number of piperidine rings is 3. The second-order valence-electron chi connectivity index (χ2n) is 7.36. The average Bonchev–Trinajstić information content (AvgIpc) is 3.22. The minimum absolute atomic E-state index is 0. The standard InChI is InChI=1S/C21H22N4O2.ClH/c26-21(17-7-4-8-19-20(17)22-14-27-19)23-25(16-5-2-1-3-6-16)18-13-24-11-9-15(18)10-12-24;/h1-8,14-15,18H,9-13H2,(H,23,26);1H. The lowest BCUT2D eigenvalue weighted by Gasteiger charge is -2.49. The van der Waals surface area contributed by atoms with E-state index in [0.29, 0.717) is 22.6 Å². The highest BCUT2D eigenvalue weighted by atomic mass is 35.5. The number of hydrogen-bond acceptors (Lipinski definition) is 5. The molecule has 0 spiro atoms. The van der Waals surface area contributed by atoms with Crippen LogP contribution in [-0.4, -0.2) is 41.5 Å². The number of carbonyl (C=O) groups excluding carboxylic acids is 1. The molecule has 1 unspecified atom stereocenters. The van der Waals surface area contributed by atoms with Crippen molar-refractivity contribution < 1.29 is 9.21 Å². The fourth-order valence-corrected chi connectivity index (χ4v) is 4.39. The summed E-state index contributed by atoms with van der Waals surface area (Å²) in [7, 11) is 0. The molecule has 6 nitrogen and oxygen atoms in total.